The summed E-state index contributed by atoms with van der Waals surface area (Å²) < 4.78 is 20.7. The van der Waals surface area contributed by atoms with Crippen LogP contribution in [-0.4, -0.2) is 25.5 Å². The first-order valence-corrected chi connectivity index (χ1v) is 5.81. The second kappa shape index (κ2) is 5.73. The van der Waals surface area contributed by atoms with Gasteiger partial charge in [-0.1, -0.05) is 6.07 Å². The van der Waals surface area contributed by atoms with E-state index in [1.54, 1.807) is 13.8 Å². The number of carbonyl (C=O) groups excluding carboxylic acids is 1. The third kappa shape index (κ3) is 3.37. The number of hydrogen-bond donors (Lipinski definition) is 0. The molecule has 1 aromatic carbocycles. The highest BCUT2D eigenvalue weighted by Crippen LogP contribution is 2.32. The minimum Gasteiger partial charge on any atom is -0.461 e. The number of rotatable bonds is 5. The molecule has 5 heteroatoms. The Morgan fingerprint density at radius 2 is 2.11 bits per heavy atom. The van der Waals surface area contributed by atoms with E-state index in [4.69, 9.17) is 18.9 Å². The van der Waals surface area contributed by atoms with Gasteiger partial charge < -0.3 is 18.9 Å². The Balaban J connectivity index is 1.78. The molecule has 1 heterocycles. The van der Waals surface area contributed by atoms with Gasteiger partial charge in [0.05, 0.1) is 12.7 Å². The lowest BCUT2D eigenvalue weighted by Crippen LogP contribution is -2.16. The first kappa shape index (κ1) is 12.7. The van der Waals surface area contributed by atoms with Crippen molar-refractivity contribution >= 4 is 5.97 Å². The van der Waals surface area contributed by atoms with Crippen molar-refractivity contribution in [3.05, 3.63) is 23.8 Å². The molecule has 18 heavy (non-hydrogen) atoms. The van der Waals surface area contributed by atoms with Crippen LogP contribution in [0.2, 0.25) is 0 Å². The molecule has 0 spiro atoms. The SMILES string of the molecule is CC(C)OC(=O)COCc1ccc2c(c1)OCO2. The van der Waals surface area contributed by atoms with Gasteiger partial charge in [0, 0.05) is 0 Å². The quantitative estimate of drug-likeness (QED) is 0.749. The summed E-state index contributed by atoms with van der Waals surface area (Å²) in [7, 11) is 0. The molecule has 0 radical (unpaired) electrons. The maximum atomic E-state index is 11.2. The van der Waals surface area contributed by atoms with Crippen molar-refractivity contribution in [1.29, 1.82) is 0 Å². The van der Waals surface area contributed by atoms with Crippen molar-refractivity contribution in [2.24, 2.45) is 0 Å². The zero-order valence-electron chi connectivity index (χ0n) is 10.5. The molecule has 0 fully saturated rings. The molecule has 98 valence electrons. The maximum Gasteiger partial charge on any atom is 0.332 e. The van der Waals surface area contributed by atoms with Gasteiger partial charge in [-0.25, -0.2) is 4.79 Å². The summed E-state index contributed by atoms with van der Waals surface area (Å²) in [5, 5.41) is 0. The van der Waals surface area contributed by atoms with E-state index in [9.17, 15) is 4.79 Å². The van der Waals surface area contributed by atoms with E-state index in [1.165, 1.54) is 0 Å². The van der Waals surface area contributed by atoms with Crippen LogP contribution in [0.25, 0.3) is 0 Å². The minimum absolute atomic E-state index is 0.0490. The van der Waals surface area contributed by atoms with E-state index in [0.29, 0.717) is 12.4 Å². The molecular weight excluding hydrogens is 236 g/mol. The van der Waals surface area contributed by atoms with Crippen molar-refractivity contribution in [2.75, 3.05) is 13.4 Å². The van der Waals surface area contributed by atoms with Crippen LogP contribution >= 0.6 is 0 Å². The van der Waals surface area contributed by atoms with Crippen molar-refractivity contribution in [3.8, 4) is 11.5 Å². The first-order valence-electron chi connectivity index (χ1n) is 5.81. The highest BCUT2D eigenvalue weighted by molar-refractivity contribution is 5.70. The van der Waals surface area contributed by atoms with Gasteiger partial charge >= 0.3 is 5.97 Å². The van der Waals surface area contributed by atoms with Crippen LogP contribution in [0.15, 0.2) is 18.2 Å². The Labute approximate surface area is 106 Å². The van der Waals surface area contributed by atoms with E-state index in [1.807, 2.05) is 18.2 Å². The van der Waals surface area contributed by atoms with Crippen LogP contribution < -0.4 is 9.47 Å². The molecule has 1 aliphatic heterocycles. The molecule has 0 amide bonds. The van der Waals surface area contributed by atoms with Crippen LogP contribution in [0.4, 0.5) is 0 Å². The van der Waals surface area contributed by atoms with Crippen molar-refractivity contribution in [1.82, 2.24) is 0 Å². The second-order valence-corrected chi connectivity index (χ2v) is 4.22. The van der Waals surface area contributed by atoms with Gasteiger partial charge in [-0.3, -0.25) is 0 Å². The van der Waals surface area contributed by atoms with Gasteiger partial charge in [0.15, 0.2) is 11.5 Å². The molecule has 0 atom stereocenters. The number of ether oxygens (including phenoxy) is 4. The molecule has 0 saturated heterocycles. The fourth-order valence-electron chi connectivity index (χ4n) is 1.58. The van der Waals surface area contributed by atoms with Gasteiger partial charge in [0.25, 0.3) is 0 Å². The number of esters is 1. The zero-order chi connectivity index (χ0) is 13.0. The van der Waals surface area contributed by atoms with E-state index < -0.39 is 0 Å². The van der Waals surface area contributed by atoms with Gasteiger partial charge in [-0.2, -0.15) is 0 Å². The first-order chi connectivity index (χ1) is 8.65. The summed E-state index contributed by atoms with van der Waals surface area (Å²) in [5.74, 6) is 1.09. The Kier molecular flexibility index (Phi) is 4.04. The molecule has 0 aliphatic carbocycles. The summed E-state index contributed by atoms with van der Waals surface area (Å²) in [5.41, 5.74) is 0.927. The minimum atomic E-state index is -0.356. The monoisotopic (exact) mass is 252 g/mol. The van der Waals surface area contributed by atoms with Gasteiger partial charge in [0.1, 0.15) is 6.61 Å². The predicted molar refractivity (Wildman–Crippen MR) is 63.4 cm³/mol. The van der Waals surface area contributed by atoms with E-state index in [2.05, 4.69) is 0 Å². The molecule has 1 aromatic rings. The average molecular weight is 252 g/mol. The normalized spacial score (nSPS) is 12.8. The van der Waals surface area contributed by atoms with Gasteiger partial charge in [0.2, 0.25) is 6.79 Å². The maximum absolute atomic E-state index is 11.2. The van der Waals surface area contributed by atoms with Crippen LogP contribution in [-0.2, 0) is 20.9 Å². The Morgan fingerprint density at radius 3 is 2.89 bits per heavy atom. The number of fused-ring (bicyclic) bond motifs is 1. The standard InChI is InChI=1S/C13H16O5/c1-9(2)18-13(14)7-15-6-10-3-4-11-12(5-10)17-8-16-11/h3-5,9H,6-8H2,1-2H3. The lowest BCUT2D eigenvalue weighted by atomic mass is 10.2. The van der Waals surface area contributed by atoms with Crippen molar-refractivity contribution < 1.29 is 23.7 Å². The summed E-state index contributed by atoms with van der Waals surface area (Å²) in [6.45, 7) is 4.14. The fraction of sp³-hybridized carbons (Fsp3) is 0.462. The molecule has 0 saturated carbocycles. The largest absolute Gasteiger partial charge is 0.461 e. The molecule has 0 N–H and O–H groups in total. The molecule has 2 rings (SSSR count). The third-order valence-electron chi connectivity index (χ3n) is 2.29. The van der Waals surface area contributed by atoms with Gasteiger partial charge in [-0.15, -0.1) is 0 Å². The smallest absolute Gasteiger partial charge is 0.332 e. The molecule has 0 bridgehead atoms. The van der Waals surface area contributed by atoms with Crippen LogP contribution in [0.3, 0.4) is 0 Å². The number of benzene rings is 1. The molecule has 5 nitrogen and oxygen atoms in total. The molecule has 0 aromatic heterocycles. The van der Waals surface area contributed by atoms with Crippen LogP contribution in [0, 0.1) is 0 Å². The van der Waals surface area contributed by atoms with Crippen molar-refractivity contribution in [3.63, 3.8) is 0 Å². The lowest BCUT2D eigenvalue weighted by Gasteiger charge is -2.08. The van der Waals surface area contributed by atoms with Crippen LogP contribution in [0.5, 0.6) is 11.5 Å². The summed E-state index contributed by atoms with van der Waals surface area (Å²) in [6.07, 6.45) is -0.119. The summed E-state index contributed by atoms with van der Waals surface area (Å²) in [4.78, 5) is 11.2. The van der Waals surface area contributed by atoms with E-state index in [-0.39, 0.29) is 25.5 Å². The van der Waals surface area contributed by atoms with E-state index in [0.717, 1.165) is 11.3 Å². The fourth-order valence-corrected chi connectivity index (χ4v) is 1.58. The Bertz CT molecular complexity index is 427. The lowest BCUT2D eigenvalue weighted by molar-refractivity contribution is -0.153. The Morgan fingerprint density at radius 1 is 1.33 bits per heavy atom. The highest BCUT2D eigenvalue weighted by Gasteiger charge is 2.13. The topological polar surface area (TPSA) is 54.0 Å². The molecule has 0 unspecified atom stereocenters. The average Bonchev–Trinajstić information content (AvgIpc) is 2.75. The summed E-state index contributed by atoms with van der Waals surface area (Å²) in [6, 6.07) is 5.55. The number of carbonyl (C=O) groups is 1. The highest BCUT2D eigenvalue weighted by atomic mass is 16.7. The second-order valence-electron chi connectivity index (χ2n) is 4.22. The van der Waals surface area contributed by atoms with Crippen LogP contribution in [0.1, 0.15) is 19.4 Å². The van der Waals surface area contributed by atoms with Crippen molar-refractivity contribution in [2.45, 2.75) is 26.6 Å². The predicted octanol–water partition coefficient (Wildman–Crippen LogP) is 1.88. The Hall–Kier alpha value is -1.75. The summed E-state index contributed by atoms with van der Waals surface area (Å²) >= 11 is 0. The zero-order valence-corrected chi connectivity index (χ0v) is 10.5. The third-order valence-corrected chi connectivity index (χ3v) is 2.29. The van der Waals surface area contributed by atoms with E-state index >= 15 is 0 Å². The number of hydrogen-bond acceptors (Lipinski definition) is 5. The van der Waals surface area contributed by atoms with Gasteiger partial charge in [-0.05, 0) is 31.5 Å². The molecule has 1 aliphatic rings. The molecular formula is C13H16O5.